The van der Waals surface area contributed by atoms with Crippen LogP contribution in [0, 0.1) is 6.92 Å². The molecule has 2 N–H and O–H groups in total. The Morgan fingerprint density at radius 3 is 2.75 bits per heavy atom. The van der Waals surface area contributed by atoms with E-state index in [4.69, 9.17) is 4.74 Å². The molecule has 4 heteroatoms. The van der Waals surface area contributed by atoms with E-state index in [1.54, 1.807) is 0 Å². The molecule has 1 aliphatic rings. The predicted octanol–water partition coefficient (Wildman–Crippen LogP) is 3.42. The number of rotatable bonds is 7. The van der Waals surface area contributed by atoms with E-state index in [0.717, 1.165) is 16.6 Å². The first-order valence-corrected chi connectivity index (χ1v) is 8.16. The number of aliphatic hydroxyl groups excluding tert-OH is 1. The molecule has 1 saturated carbocycles. The van der Waals surface area contributed by atoms with Gasteiger partial charge in [0.1, 0.15) is 18.5 Å². The lowest BCUT2D eigenvalue weighted by Crippen LogP contribution is -2.53. The maximum atomic E-state index is 10.0. The van der Waals surface area contributed by atoms with Crippen molar-refractivity contribution in [3.8, 4) is 5.75 Å². The first kappa shape index (κ1) is 15.8. The lowest BCUT2D eigenvalue weighted by Gasteiger charge is -2.42. The highest BCUT2D eigenvalue weighted by molar-refractivity contribution is 9.10. The fourth-order valence-electron chi connectivity index (χ4n) is 2.56. The molecule has 1 aromatic rings. The average Bonchev–Trinajstić information content (AvgIpc) is 2.37. The molecule has 1 atom stereocenters. The van der Waals surface area contributed by atoms with Gasteiger partial charge in [-0.1, -0.05) is 13.0 Å². The second-order valence-corrected chi connectivity index (χ2v) is 6.62. The van der Waals surface area contributed by atoms with Crippen molar-refractivity contribution in [3.63, 3.8) is 0 Å². The molecule has 112 valence electrons. The van der Waals surface area contributed by atoms with Gasteiger partial charge in [0.2, 0.25) is 0 Å². The van der Waals surface area contributed by atoms with Crippen LogP contribution in [0.5, 0.6) is 5.75 Å². The van der Waals surface area contributed by atoms with Crippen molar-refractivity contribution in [3.05, 3.63) is 28.2 Å². The van der Waals surface area contributed by atoms with Gasteiger partial charge in [0.15, 0.2) is 0 Å². The Bertz CT molecular complexity index is 441. The molecule has 0 radical (unpaired) electrons. The molecule has 1 fully saturated rings. The summed E-state index contributed by atoms with van der Waals surface area (Å²) in [5.74, 6) is 0.781. The molecule has 0 bridgehead atoms. The molecule has 1 unspecified atom stereocenters. The fraction of sp³-hybridized carbons (Fsp3) is 0.625. The molecule has 3 nitrogen and oxygen atoms in total. The van der Waals surface area contributed by atoms with Gasteiger partial charge in [0, 0.05) is 12.1 Å². The summed E-state index contributed by atoms with van der Waals surface area (Å²) in [5, 5.41) is 13.5. The molecule has 0 aromatic heterocycles. The normalized spacial score (nSPS) is 18.4. The van der Waals surface area contributed by atoms with Crippen LogP contribution in [0.15, 0.2) is 22.7 Å². The summed E-state index contributed by atoms with van der Waals surface area (Å²) < 4.78 is 6.60. The molecule has 0 spiro atoms. The van der Waals surface area contributed by atoms with E-state index in [9.17, 15) is 5.11 Å². The summed E-state index contributed by atoms with van der Waals surface area (Å²) in [5.41, 5.74) is 1.45. The van der Waals surface area contributed by atoms with Gasteiger partial charge in [0.05, 0.1) is 4.47 Å². The number of benzene rings is 1. The Morgan fingerprint density at radius 2 is 2.20 bits per heavy atom. The highest BCUT2D eigenvalue weighted by atomic mass is 79.9. The summed E-state index contributed by atoms with van der Waals surface area (Å²) in [4.78, 5) is 0. The van der Waals surface area contributed by atoms with E-state index in [2.05, 4.69) is 28.2 Å². The zero-order valence-electron chi connectivity index (χ0n) is 12.3. The molecule has 1 aliphatic carbocycles. The van der Waals surface area contributed by atoms with E-state index in [1.807, 2.05) is 25.1 Å². The summed E-state index contributed by atoms with van der Waals surface area (Å²) in [6.07, 6.45) is 4.39. The molecule has 0 saturated heterocycles. The van der Waals surface area contributed by atoms with Crippen LogP contribution in [-0.4, -0.2) is 29.9 Å². The van der Waals surface area contributed by atoms with Gasteiger partial charge in [-0.2, -0.15) is 0 Å². The Hall–Kier alpha value is -0.580. The molecule has 2 rings (SSSR count). The first-order chi connectivity index (χ1) is 9.54. The molecular weight excluding hydrogens is 318 g/mol. The topological polar surface area (TPSA) is 41.5 Å². The quantitative estimate of drug-likeness (QED) is 0.798. The van der Waals surface area contributed by atoms with Crippen molar-refractivity contribution >= 4 is 15.9 Å². The Balaban J connectivity index is 1.76. The maximum absolute atomic E-state index is 10.0. The van der Waals surface area contributed by atoms with Crippen LogP contribution in [0.1, 0.15) is 38.2 Å². The third-order valence-corrected chi connectivity index (χ3v) is 4.84. The van der Waals surface area contributed by atoms with Crippen molar-refractivity contribution < 1.29 is 9.84 Å². The third kappa shape index (κ3) is 3.96. The van der Waals surface area contributed by atoms with Crippen molar-refractivity contribution in [1.82, 2.24) is 5.32 Å². The highest BCUT2D eigenvalue weighted by Crippen LogP contribution is 2.34. The van der Waals surface area contributed by atoms with Crippen LogP contribution < -0.4 is 10.1 Å². The second-order valence-electron chi connectivity index (χ2n) is 5.77. The minimum atomic E-state index is -0.479. The van der Waals surface area contributed by atoms with Crippen molar-refractivity contribution in [2.75, 3.05) is 13.2 Å². The van der Waals surface area contributed by atoms with E-state index < -0.39 is 6.10 Å². The first-order valence-electron chi connectivity index (χ1n) is 7.37. The van der Waals surface area contributed by atoms with E-state index >= 15 is 0 Å². The largest absolute Gasteiger partial charge is 0.490 e. The van der Waals surface area contributed by atoms with Crippen LogP contribution in [0.25, 0.3) is 0 Å². The number of nitrogens with one attached hydrogen (secondary N) is 1. The van der Waals surface area contributed by atoms with Crippen LogP contribution >= 0.6 is 15.9 Å². The van der Waals surface area contributed by atoms with Crippen LogP contribution in [-0.2, 0) is 0 Å². The molecular formula is C16H24BrNO2. The lowest BCUT2D eigenvalue weighted by atomic mass is 9.75. The van der Waals surface area contributed by atoms with Gasteiger partial charge in [0.25, 0.3) is 0 Å². The number of aliphatic hydroxyl groups is 1. The zero-order chi connectivity index (χ0) is 14.6. The third-order valence-electron chi connectivity index (χ3n) is 4.22. The highest BCUT2D eigenvalue weighted by Gasteiger charge is 2.34. The van der Waals surface area contributed by atoms with Crippen LogP contribution in [0.4, 0.5) is 0 Å². The predicted molar refractivity (Wildman–Crippen MR) is 85.3 cm³/mol. The standard InChI is InChI=1S/C16H24BrNO2/c1-3-16(7-4-8-16)18-10-13(19)11-20-15-6-5-12(2)9-14(15)17/h5-6,9,13,18-19H,3-4,7-8,10-11H2,1-2H3. The minimum absolute atomic E-state index is 0.269. The number of ether oxygens (including phenoxy) is 1. The number of aryl methyl sites for hydroxylation is 1. The fourth-order valence-corrected chi connectivity index (χ4v) is 3.17. The second kappa shape index (κ2) is 6.92. The summed E-state index contributed by atoms with van der Waals surface area (Å²) in [6.45, 7) is 5.15. The van der Waals surface area contributed by atoms with E-state index in [-0.39, 0.29) is 5.54 Å². The maximum Gasteiger partial charge on any atom is 0.133 e. The number of hydrogen-bond donors (Lipinski definition) is 2. The molecule has 20 heavy (non-hydrogen) atoms. The van der Waals surface area contributed by atoms with Gasteiger partial charge < -0.3 is 15.2 Å². The zero-order valence-corrected chi connectivity index (χ0v) is 13.9. The van der Waals surface area contributed by atoms with Gasteiger partial charge >= 0.3 is 0 Å². The minimum Gasteiger partial charge on any atom is -0.490 e. The van der Waals surface area contributed by atoms with Crippen LogP contribution in [0.3, 0.4) is 0 Å². The van der Waals surface area contributed by atoms with Crippen molar-refractivity contribution in [2.45, 2.75) is 51.2 Å². The van der Waals surface area contributed by atoms with Gasteiger partial charge in [-0.15, -0.1) is 0 Å². The molecule has 0 amide bonds. The summed E-state index contributed by atoms with van der Waals surface area (Å²) >= 11 is 3.48. The van der Waals surface area contributed by atoms with Crippen molar-refractivity contribution in [1.29, 1.82) is 0 Å². The summed E-state index contributed by atoms with van der Waals surface area (Å²) in [7, 11) is 0. The molecule has 1 aromatic carbocycles. The number of hydrogen-bond acceptors (Lipinski definition) is 3. The Labute approximate surface area is 129 Å². The number of halogens is 1. The van der Waals surface area contributed by atoms with Crippen LogP contribution in [0.2, 0.25) is 0 Å². The van der Waals surface area contributed by atoms with Gasteiger partial charge in [-0.3, -0.25) is 0 Å². The smallest absolute Gasteiger partial charge is 0.133 e. The van der Waals surface area contributed by atoms with Gasteiger partial charge in [-0.05, 0) is 66.2 Å². The monoisotopic (exact) mass is 341 g/mol. The summed E-state index contributed by atoms with van der Waals surface area (Å²) in [6, 6.07) is 5.95. The Kier molecular flexibility index (Phi) is 5.47. The van der Waals surface area contributed by atoms with Crippen molar-refractivity contribution in [2.24, 2.45) is 0 Å². The Morgan fingerprint density at radius 1 is 1.45 bits per heavy atom. The number of β-amino-alcohol motifs (C(OH)–C–C–N with tert-alkyl or cyclic N) is 1. The molecule has 0 heterocycles. The molecule has 0 aliphatic heterocycles. The van der Waals surface area contributed by atoms with Gasteiger partial charge in [-0.25, -0.2) is 0 Å². The lowest BCUT2D eigenvalue weighted by molar-refractivity contribution is 0.0809. The van der Waals surface area contributed by atoms with E-state index in [0.29, 0.717) is 13.2 Å². The average molecular weight is 342 g/mol. The van der Waals surface area contributed by atoms with E-state index in [1.165, 1.54) is 24.8 Å². The SMILES string of the molecule is CCC1(NCC(O)COc2ccc(C)cc2Br)CCC1.